The quantitative estimate of drug-likeness (QED) is 0.677. The number of aliphatic carboxylic acids is 1. The first-order valence-corrected chi connectivity index (χ1v) is 10.4. The van der Waals surface area contributed by atoms with Gasteiger partial charge in [0, 0.05) is 6.04 Å². The third kappa shape index (κ3) is 4.22. The Bertz CT molecular complexity index is 991. The average Bonchev–Trinajstić information content (AvgIpc) is 3.10. The lowest BCUT2D eigenvalue weighted by molar-refractivity contribution is -0.142. The molecule has 1 aromatic heterocycles. The number of hydrogen-bond donors (Lipinski definition) is 2. The Labute approximate surface area is 167 Å². The Balaban J connectivity index is 1.39. The van der Waals surface area contributed by atoms with Crippen LogP contribution in [0.2, 0.25) is 0 Å². The molecule has 0 spiro atoms. The van der Waals surface area contributed by atoms with Gasteiger partial charge in [-0.15, -0.1) is 11.3 Å². The largest absolute Gasteiger partial charge is 0.481 e. The van der Waals surface area contributed by atoms with Crippen LogP contribution in [0, 0.1) is 5.92 Å². The first kappa shape index (κ1) is 18.6. The predicted molar refractivity (Wildman–Crippen MR) is 110 cm³/mol. The molecule has 0 bridgehead atoms. The van der Waals surface area contributed by atoms with E-state index in [0.717, 1.165) is 39.2 Å². The number of carbonyl (C=O) groups is 2. The molecule has 0 saturated heterocycles. The van der Waals surface area contributed by atoms with Gasteiger partial charge in [-0.3, -0.25) is 9.59 Å². The Morgan fingerprint density at radius 3 is 2.50 bits per heavy atom. The van der Waals surface area contributed by atoms with Crippen molar-refractivity contribution in [2.45, 2.75) is 38.1 Å². The number of nitrogens with one attached hydrogen (secondary N) is 1. The summed E-state index contributed by atoms with van der Waals surface area (Å²) in [7, 11) is 0. The summed E-state index contributed by atoms with van der Waals surface area (Å²) in [4.78, 5) is 28.0. The monoisotopic (exact) mass is 394 g/mol. The minimum Gasteiger partial charge on any atom is -0.481 e. The minimum absolute atomic E-state index is 0.0406. The van der Waals surface area contributed by atoms with Gasteiger partial charge in [-0.2, -0.15) is 0 Å². The zero-order valence-corrected chi connectivity index (χ0v) is 16.2. The molecule has 5 nitrogen and oxygen atoms in total. The van der Waals surface area contributed by atoms with Gasteiger partial charge in [0.25, 0.3) is 0 Å². The summed E-state index contributed by atoms with van der Waals surface area (Å²) < 4.78 is 1.08. The van der Waals surface area contributed by atoms with E-state index in [1.54, 1.807) is 11.3 Å². The minimum atomic E-state index is -0.728. The number of carbonyl (C=O) groups excluding carboxylic acids is 1. The second-order valence-electron chi connectivity index (χ2n) is 7.29. The molecule has 0 unspecified atom stereocenters. The lowest BCUT2D eigenvalue weighted by Crippen LogP contribution is -2.39. The van der Waals surface area contributed by atoms with E-state index in [9.17, 15) is 9.59 Å². The van der Waals surface area contributed by atoms with Crippen LogP contribution in [0.1, 0.15) is 30.7 Å². The van der Waals surface area contributed by atoms with Gasteiger partial charge in [-0.1, -0.05) is 36.4 Å². The van der Waals surface area contributed by atoms with Crippen LogP contribution in [0.15, 0.2) is 48.5 Å². The second-order valence-corrected chi connectivity index (χ2v) is 8.40. The molecule has 1 aliphatic rings. The van der Waals surface area contributed by atoms with Crippen molar-refractivity contribution in [2.75, 3.05) is 0 Å². The van der Waals surface area contributed by atoms with Crippen molar-refractivity contribution < 1.29 is 14.7 Å². The molecule has 2 N–H and O–H groups in total. The molecule has 2 aromatic carbocycles. The molecule has 3 aromatic rings. The van der Waals surface area contributed by atoms with Gasteiger partial charge in [0.1, 0.15) is 5.01 Å². The van der Waals surface area contributed by atoms with Crippen molar-refractivity contribution in [2.24, 2.45) is 5.92 Å². The Morgan fingerprint density at radius 1 is 1.04 bits per heavy atom. The van der Waals surface area contributed by atoms with Crippen LogP contribution < -0.4 is 5.32 Å². The molecule has 1 aliphatic carbocycles. The smallest absolute Gasteiger partial charge is 0.306 e. The highest BCUT2D eigenvalue weighted by molar-refractivity contribution is 7.18. The number of benzene rings is 2. The lowest BCUT2D eigenvalue weighted by atomic mass is 9.86. The molecule has 28 heavy (non-hydrogen) atoms. The normalized spacial score (nSPS) is 19.4. The van der Waals surface area contributed by atoms with Crippen molar-refractivity contribution in [1.29, 1.82) is 0 Å². The van der Waals surface area contributed by atoms with Crippen LogP contribution in [0.5, 0.6) is 0 Å². The molecular formula is C22H22N2O3S. The highest BCUT2D eigenvalue weighted by Gasteiger charge is 2.26. The first-order valence-electron chi connectivity index (χ1n) is 9.55. The fourth-order valence-corrected chi connectivity index (χ4v) is 4.76. The summed E-state index contributed by atoms with van der Waals surface area (Å²) >= 11 is 1.55. The van der Waals surface area contributed by atoms with Crippen LogP contribution in [-0.4, -0.2) is 28.0 Å². The van der Waals surface area contributed by atoms with E-state index in [1.807, 2.05) is 24.3 Å². The van der Waals surface area contributed by atoms with E-state index in [0.29, 0.717) is 12.8 Å². The molecule has 6 heteroatoms. The van der Waals surface area contributed by atoms with E-state index < -0.39 is 5.97 Å². The van der Waals surface area contributed by atoms with E-state index >= 15 is 0 Å². The fraction of sp³-hybridized carbons (Fsp3) is 0.318. The maximum atomic E-state index is 12.4. The third-order valence-corrected chi connectivity index (χ3v) is 6.31. The van der Waals surface area contributed by atoms with Gasteiger partial charge in [0.05, 0.1) is 22.6 Å². The first-order chi connectivity index (χ1) is 13.6. The molecule has 1 fully saturated rings. The fourth-order valence-electron chi connectivity index (χ4n) is 3.76. The third-order valence-electron chi connectivity index (χ3n) is 5.29. The molecule has 1 saturated carbocycles. The van der Waals surface area contributed by atoms with Crippen LogP contribution in [0.25, 0.3) is 21.3 Å². The van der Waals surface area contributed by atoms with E-state index in [1.165, 1.54) is 0 Å². The highest BCUT2D eigenvalue weighted by atomic mass is 32.1. The van der Waals surface area contributed by atoms with Gasteiger partial charge >= 0.3 is 5.97 Å². The van der Waals surface area contributed by atoms with Gasteiger partial charge in [-0.25, -0.2) is 4.98 Å². The van der Waals surface area contributed by atoms with Crippen LogP contribution >= 0.6 is 11.3 Å². The van der Waals surface area contributed by atoms with Crippen molar-refractivity contribution in [3.8, 4) is 11.1 Å². The van der Waals surface area contributed by atoms with Crippen LogP contribution in [0.3, 0.4) is 0 Å². The number of hydrogen-bond acceptors (Lipinski definition) is 4. The molecule has 144 valence electrons. The number of aromatic nitrogens is 1. The molecule has 0 radical (unpaired) electrons. The molecule has 0 aliphatic heterocycles. The van der Waals surface area contributed by atoms with E-state index in [-0.39, 0.29) is 24.3 Å². The number of carboxylic acids is 1. The van der Waals surface area contributed by atoms with Crippen LogP contribution in [0.4, 0.5) is 0 Å². The number of fused-ring (bicyclic) bond motifs is 1. The predicted octanol–water partition coefficient (Wildman–Crippen LogP) is 4.27. The molecule has 1 heterocycles. The highest BCUT2D eigenvalue weighted by Crippen LogP contribution is 2.29. The topological polar surface area (TPSA) is 79.3 Å². The van der Waals surface area contributed by atoms with Gasteiger partial charge in [0.2, 0.25) is 5.91 Å². The maximum absolute atomic E-state index is 12.4. The number of rotatable bonds is 5. The lowest BCUT2D eigenvalue weighted by Gasteiger charge is -2.26. The summed E-state index contributed by atoms with van der Waals surface area (Å²) in [6.07, 6.45) is 2.97. The standard InChI is InChI=1S/C22H22N2O3S/c25-20(23-17-9-6-15(7-10-17)22(26)27)13-21-24-18-11-8-16(12-19(18)28-21)14-4-2-1-3-5-14/h1-5,8,11-12,15,17H,6-7,9-10,13H2,(H,23,25)(H,26,27)/t15-,17+. The van der Waals surface area contributed by atoms with Crippen LogP contribution in [-0.2, 0) is 16.0 Å². The van der Waals surface area contributed by atoms with E-state index in [4.69, 9.17) is 5.11 Å². The Morgan fingerprint density at radius 2 is 1.79 bits per heavy atom. The maximum Gasteiger partial charge on any atom is 0.306 e. The molecular weight excluding hydrogens is 372 g/mol. The van der Waals surface area contributed by atoms with E-state index in [2.05, 4.69) is 34.6 Å². The summed E-state index contributed by atoms with van der Waals surface area (Å²) in [5, 5.41) is 12.9. The Kier molecular flexibility index (Phi) is 5.39. The van der Waals surface area contributed by atoms with Crippen molar-refractivity contribution >= 4 is 33.4 Å². The van der Waals surface area contributed by atoms with Gasteiger partial charge in [0.15, 0.2) is 0 Å². The second kappa shape index (κ2) is 8.10. The number of amides is 1. The zero-order chi connectivity index (χ0) is 19.5. The summed E-state index contributed by atoms with van der Waals surface area (Å²) in [6, 6.07) is 16.5. The number of thiazole rings is 1. The Hall–Kier alpha value is -2.73. The van der Waals surface area contributed by atoms with Crippen molar-refractivity contribution in [3.05, 3.63) is 53.5 Å². The SMILES string of the molecule is O=C(Cc1nc2ccc(-c3ccccc3)cc2s1)N[C@H]1CC[C@@H](C(=O)O)CC1. The molecule has 0 atom stereocenters. The average molecular weight is 394 g/mol. The summed E-state index contributed by atoms with van der Waals surface area (Å²) in [6.45, 7) is 0. The van der Waals surface area contributed by atoms with Crippen molar-refractivity contribution in [3.63, 3.8) is 0 Å². The number of nitrogens with zero attached hydrogens (tertiary/aromatic N) is 1. The summed E-state index contributed by atoms with van der Waals surface area (Å²) in [5.41, 5.74) is 3.21. The molecule has 1 amide bonds. The van der Waals surface area contributed by atoms with Gasteiger partial charge in [-0.05, 0) is 48.9 Å². The number of carboxylic acid groups (broad SMARTS) is 1. The van der Waals surface area contributed by atoms with Crippen molar-refractivity contribution in [1.82, 2.24) is 10.3 Å². The van der Waals surface area contributed by atoms with Gasteiger partial charge < -0.3 is 10.4 Å². The molecule has 4 rings (SSSR count). The zero-order valence-electron chi connectivity index (χ0n) is 15.4. The summed E-state index contributed by atoms with van der Waals surface area (Å²) in [5.74, 6) is -1.04.